The Hall–Kier alpha value is -1.79. The second-order valence-electron chi connectivity index (χ2n) is 7.00. The molecule has 5 rings (SSSR count). The molecule has 3 fully saturated rings. The Morgan fingerprint density at radius 2 is 2.09 bits per heavy atom. The summed E-state index contributed by atoms with van der Waals surface area (Å²) in [6.07, 6.45) is 6.24. The molecule has 0 spiro atoms. The summed E-state index contributed by atoms with van der Waals surface area (Å²) < 4.78 is 20.3. The Labute approximate surface area is 133 Å². The summed E-state index contributed by atoms with van der Waals surface area (Å²) in [6.45, 7) is 0.587. The molecule has 3 N–H and O–H groups in total. The van der Waals surface area contributed by atoms with Crippen LogP contribution in [0.2, 0.25) is 0 Å². The standard InChI is InChI=1S/C17H20FN3O2/c18-12-9-20-13-1-2-14(22)21-15(13)11(12)3-4-17-7-5-16(19,6-8-17)10-23-17/h1-2,9H,3-8,10,19H2,(H,21,22). The zero-order valence-corrected chi connectivity index (χ0v) is 12.9. The topological polar surface area (TPSA) is 81.0 Å². The number of ether oxygens (including phenoxy) is 1. The number of aryl methyl sites for hydroxylation is 1. The molecule has 2 aromatic rings. The van der Waals surface area contributed by atoms with E-state index in [1.165, 1.54) is 12.3 Å². The molecule has 122 valence electrons. The highest BCUT2D eigenvalue weighted by Crippen LogP contribution is 2.44. The Kier molecular flexibility index (Phi) is 3.28. The number of halogens is 1. The van der Waals surface area contributed by atoms with Gasteiger partial charge in [0, 0.05) is 17.2 Å². The molecular weight excluding hydrogens is 297 g/mol. The van der Waals surface area contributed by atoms with Gasteiger partial charge >= 0.3 is 0 Å². The lowest BCUT2D eigenvalue weighted by atomic mass is 9.70. The predicted molar refractivity (Wildman–Crippen MR) is 84.7 cm³/mol. The molecular formula is C17H20FN3O2. The summed E-state index contributed by atoms with van der Waals surface area (Å²) in [5, 5.41) is 0. The second kappa shape index (κ2) is 5.11. The Morgan fingerprint density at radius 3 is 2.78 bits per heavy atom. The van der Waals surface area contributed by atoms with E-state index in [0.29, 0.717) is 29.6 Å². The average Bonchev–Trinajstić information content (AvgIpc) is 2.55. The van der Waals surface area contributed by atoms with Crippen LogP contribution in [0.25, 0.3) is 11.0 Å². The minimum Gasteiger partial charge on any atom is -0.373 e. The summed E-state index contributed by atoms with van der Waals surface area (Å²) in [5.41, 5.74) is 7.25. The third kappa shape index (κ3) is 2.56. The van der Waals surface area contributed by atoms with E-state index in [4.69, 9.17) is 10.5 Å². The van der Waals surface area contributed by atoms with E-state index < -0.39 is 0 Å². The van der Waals surface area contributed by atoms with Crippen LogP contribution in [0.5, 0.6) is 0 Å². The highest BCUT2D eigenvalue weighted by atomic mass is 19.1. The lowest BCUT2D eigenvalue weighted by molar-refractivity contribution is -0.156. The van der Waals surface area contributed by atoms with Crippen LogP contribution in [0, 0.1) is 5.82 Å². The average molecular weight is 317 g/mol. The number of hydrogen-bond acceptors (Lipinski definition) is 4. The fourth-order valence-corrected chi connectivity index (χ4v) is 3.84. The van der Waals surface area contributed by atoms with Crippen LogP contribution >= 0.6 is 0 Å². The number of pyridine rings is 2. The van der Waals surface area contributed by atoms with Gasteiger partial charge in [0.25, 0.3) is 0 Å². The van der Waals surface area contributed by atoms with Crippen LogP contribution in [0.4, 0.5) is 4.39 Å². The van der Waals surface area contributed by atoms with Crippen LogP contribution in [-0.4, -0.2) is 27.7 Å². The molecule has 3 aliphatic rings. The Morgan fingerprint density at radius 1 is 1.30 bits per heavy atom. The van der Waals surface area contributed by atoms with Crippen molar-refractivity contribution >= 4 is 11.0 Å². The molecule has 5 nitrogen and oxygen atoms in total. The maximum atomic E-state index is 14.3. The van der Waals surface area contributed by atoms with E-state index in [1.807, 2.05) is 0 Å². The number of nitrogens with one attached hydrogen (secondary N) is 1. The van der Waals surface area contributed by atoms with Crippen molar-refractivity contribution in [3.63, 3.8) is 0 Å². The highest BCUT2D eigenvalue weighted by Gasteiger charge is 2.47. The first-order valence-electron chi connectivity index (χ1n) is 8.08. The lowest BCUT2D eigenvalue weighted by Crippen LogP contribution is -2.59. The molecule has 0 aromatic carbocycles. The van der Waals surface area contributed by atoms with Crippen molar-refractivity contribution in [1.82, 2.24) is 9.97 Å². The molecule has 0 radical (unpaired) electrons. The molecule has 23 heavy (non-hydrogen) atoms. The largest absolute Gasteiger partial charge is 0.373 e. The number of aromatic nitrogens is 2. The van der Waals surface area contributed by atoms with E-state index in [0.717, 1.165) is 32.1 Å². The van der Waals surface area contributed by atoms with E-state index >= 15 is 0 Å². The smallest absolute Gasteiger partial charge is 0.248 e. The summed E-state index contributed by atoms with van der Waals surface area (Å²) in [5.74, 6) is -0.379. The second-order valence-corrected chi connectivity index (χ2v) is 7.00. The molecule has 0 atom stereocenters. The van der Waals surface area contributed by atoms with Gasteiger partial charge in [-0.15, -0.1) is 0 Å². The molecule has 2 aromatic heterocycles. The summed E-state index contributed by atoms with van der Waals surface area (Å²) in [7, 11) is 0. The fraction of sp³-hybridized carbons (Fsp3) is 0.529. The van der Waals surface area contributed by atoms with E-state index in [-0.39, 0.29) is 22.5 Å². The predicted octanol–water partition coefficient (Wildman–Crippen LogP) is 2.04. The Balaban J connectivity index is 1.62. The number of nitrogens with zero attached hydrogens (tertiary/aromatic N) is 1. The first-order chi connectivity index (χ1) is 11.0. The van der Waals surface area contributed by atoms with Crippen LogP contribution < -0.4 is 11.3 Å². The SMILES string of the molecule is NC12CCC(CCc3c(F)cnc4ccc(=O)[nH]c34)(CC1)OC2. The monoisotopic (exact) mass is 317 g/mol. The molecule has 2 saturated heterocycles. The third-order valence-electron chi connectivity index (χ3n) is 5.46. The first-order valence-corrected chi connectivity index (χ1v) is 8.08. The van der Waals surface area contributed by atoms with E-state index in [2.05, 4.69) is 9.97 Å². The number of rotatable bonds is 3. The molecule has 1 saturated carbocycles. The molecule has 2 bridgehead atoms. The molecule has 1 aliphatic carbocycles. The van der Waals surface area contributed by atoms with Gasteiger partial charge in [-0.25, -0.2) is 4.39 Å². The van der Waals surface area contributed by atoms with Gasteiger partial charge in [-0.1, -0.05) is 0 Å². The van der Waals surface area contributed by atoms with Gasteiger partial charge in [0.1, 0.15) is 5.82 Å². The number of fused-ring (bicyclic) bond motifs is 4. The normalized spacial score (nSPS) is 30.0. The quantitative estimate of drug-likeness (QED) is 0.907. The van der Waals surface area contributed by atoms with Crippen molar-refractivity contribution in [1.29, 1.82) is 0 Å². The van der Waals surface area contributed by atoms with Gasteiger partial charge in [0.2, 0.25) is 5.56 Å². The maximum Gasteiger partial charge on any atom is 0.248 e. The van der Waals surface area contributed by atoms with Crippen molar-refractivity contribution in [2.45, 2.75) is 49.7 Å². The first kappa shape index (κ1) is 14.8. The number of H-pyrrole nitrogens is 1. The van der Waals surface area contributed by atoms with Gasteiger partial charge in [-0.3, -0.25) is 9.78 Å². The van der Waals surface area contributed by atoms with Crippen molar-refractivity contribution in [3.05, 3.63) is 40.1 Å². The van der Waals surface area contributed by atoms with Gasteiger partial charge in [-0.2, -0.15) is 0 Å². The summed E-state index contributed by atoms with van der Waals surface area (Å²) >= 11 is 0. The molecule has 2 aliphatic heterocycles. The fourth-order valence-electron chi connectivity index (χ4n) is 3.84. The van der Waals surface area contributed by atoms with Crippen LogP contribution in [0.1, 0.15) is 37.7 Å². The van der Waals surface area contributed by atoms with Gasteiger partial charge in [0.05, 0.1) is 29.4 Å². The highest BCUT2D eigenvalue weighted by molar-refractivity contribution is 5.77. The van der Waals surface area contributed by atoms with Crippen LogP contribution in [0.3, 0.4) is 0 Å². The minimum atomic E-state index is -0.379. The maximum absolute atomic E-state index is 14.3. The van der Waals surface area contributed by atoms with Gasteiger partial charge in [-0.05, 0) is 44.6 Å². The molecule has 6 heteroatoms. The minimum absolute atomic E-state index is 0.165. The van der Waals surface area contributed by atoms with E-state index in [9.17, 15) is 9.18 Å². The molecule has 0 amide bonds. The zero-order chi connectivity index (χ0) is 16.1. The van der Waals surface area contributed by atoms with Gasteiger partial charge < -0.3 is 15.5 Å². The van der Waals surface area contributed by atoms with Crippen molar-refractivity contribution in [2.75, 3.05) is 6.61 Å². The molecule has 0 unspecified atom stereocenters. The van der Waals surface area contributed by atoms with E-state index in [1.54, 1.807) is 6.07 Å². The third-order valence-corrected chi connectivity index (χ3v) is 5.46. The summed E-state index contributed by atoms with van der Waals surface area (Å²) in [6, 6.07) is 3.03. The number of hydrogen-bond donors (Lipinski definition) is 2. The Bertz CT molecular complexity index is 793. The zero-order valence-electron chi connectivity index (χ0n) is 12.9. The number of aromatic amines is 1. The lowest BCUT2D eigenvalue weighted by Gasteiger charge is -2.51. The van der Waals surface area contributed by atoms with Crippen molar-refractivity contribution in [3.8, 4) is 0 Å². The van der Waals surface area contributed by atoms with Crippen LogP contribution in [0.15, 0.2) is 23.1 Å². The van der Waals surface area contributed by atoms with Crippen LogP contribution in [-0.2, 0) is 11.2 Å². The van der Waals surface area contributed by atoms with Crippen molar-refractivity contribution < 1.29 is 9.13 Å². The summed E-state index contributed by atoms with van der Waals surface area (Å²) in [4.78, 5) is 18.3. The number of nitrogens with two attached hydrogens (primary N) is 1. The molecule has 4 heterocycles. The van der Waals surface area contributed by atoms with Crippen molar-refractivity contribution in [2.24, 2.45) is 5.73 Å². The van der Waals surface area contributed by atoms with Gasteiger partial charge in [0.15, 0.2) is 0 Å².